The van der Waals surface area contributed by atoms with Gasteiger partial charge in [-0.2, -0.15) is 0 Å². The van der Waals surface area contributed by atoms with Crippen molar-refractivity contribution in [3.05, 3.63) is 24.3 Å². The summed E-state index contributed by atoms with van der Waals surface area (Å²) >= 11 is 0. The summed E-state index contributed by atoms with van der Waals surface area (Å²) in [5, 5.41) is 27.5. The van der Waals surface area contributed by atoms with Crippen LogP contribution in [0.15, 0.2) is 24.3 Å². The number of aliphatic hydroxyl groups is 2. The van der Waals surface area contributed by atoms with E-state index >= 15 is 0 Å². The van der Waals surface area contributed by atoms with Crippen molar-refractivity contribution in [1.82, 2.24) is 0 Å². The molecule has 2 amide bonds. The Morgan fingerprint density at radius 3 is 2.39 bits per heavy atom. The first kappa shape index (κ1) is 27.6. The smallest absolute Gasteiger partial charge is 0.224 e. The Balaban J connectivity index is 1.21. The predicted molar refractivity (Wildman–Crippen MR) is 150 cm³/mol. The SMILES string of the molecule is CC(=O)Nc1cccc(NC(=O)CC[C@@H](C)[C@H]2CC[C@H]3[C@@H]4[C@@H](O)C[C@@H]5C[C@H](O)CC[C@]5(C)[C@H]4CC[C@]23C)c1. The summed E-state index contributed by atoms with van der Waals surface area (Å²) in [6.45, 7) is 8.75. The number of anilines is 2. The van der Waals surface area contributed by atoms with Crippen LogP contribution in [0.25, 0.3) is 0 Å². The number of carbonyl (C=O) groups is 2. The highest BCUT2D eigenvalue weighted by atomic mass is 16.3. The maximum absolute atomic E-state index is 12.8. The fourth-order valence-corrected chi connectivity index (χ4v) is 9.84. The average molecular weight is 525 g/mol. The molecule has 5 rings (SSSR count). The molecule has 1 aromatic carbocycles. The van der Waals surface area contributed by atoms with Gasteiger partial charge < -0.3 is 20.8 Å². The van der Waals surface area contributed by atoms with Crippen LogP contribution in [0.4, 0.5) is 11.4 Å². The molecule has 210 valence electrons. The molecule has 4 aliphatic rings. The van der Waals surface area contributed by atoms with Crippen LogP contribution in [0.5, 0.6) is 0 Å². The summed E-state index contributed by atoms with van der Waals surface area (Å²) in [7, 11) is 0. The highest BCUT2D eigenvalue weighted by Crippen LogP contribution is 2.68. The van der Waals surface area contributed by atoms with Crippen molar-refractivity contribution in [2.75, 3.05) is 10.6 Å². The molecule has 4 aliphatic carbocycles. The van der Waals surface area contributed by atoms with Gasteiger partial charge in [0, 0.05) is 24.7 Å². The Morgan fingerprint density at radius 2 is 1.66 bits per heavy atom. The molecule has 0 aromatic heterocycles. The number of aliphatic hydroxyl groups excluding tert-OH is 2. The summed E-state index contributed by atoms with van der Waals surface area (Å²) in [5.74, 6) is 2.85. The number of hydrogen-bond acceptors (Lipinski definition) is 4. The normalized spacial score (nSPS) is 40.8. The average Bonchev–Trinajstić information content (AvgIpc) is 3.21. The molecule has 6 heteroatoms. The second-order valence-corrected chi connectivity index (χ2v) is 13.8. The van der Waals surface area contributed by atoms with E-state index in [4.69, 9.17) is 0 Å². The summed E-state index contributed by atoms with van der Waals surface area (Å²) in [6.07, 6.45) is 9.40. The third kappa shape index (κ3) is 5.03. The Hall–Kier alpha value is -1.92. The molecule has 6 nitrogen and oxygen atoms in total. The lowest BCUT2D eigenvalue weighted by molar-refractivity contribution is -0.174. The molecule has 4 N–H and O–H groups in total. The van der Waals surface area contributed by atoms with Crippen molar-refractivity contribution >= 4 is 23.2 Å². The summed E-state index contributed by atoms with van der Waals surface area (Å²) < 4.78 is 0. The van der Waals surface area contributed by atoms with E-state index < -0.39 is 0 Å². The van der Waals surface area contributed by atoms with E-state index in [0.29, 0.717) is 53.3 Å². The van der Waals surface area contributed by atoms with Gasteiger partial charge in [0.15, 0.2) is 0 Å². The largest absolute Gasteiger partial charge is 0.393 e. The molecule has 4 fully saturated rings. The molecule has 0 bridgehead atoms. The topological polar surface area (TPSA) is 98.7 Å². The van der Waals surface area contributed by atoms with Gasteiger partial charge in [-0.05, 0) is 122 Å². The second-order valence-electron chi connectivity index (χ2n) is 13.8. The highest BCUT2D eigenvalue weighted by molar-refractivity contribution is 5.93. The van der Waals surface area contributed by atoms with Gasteiger partial charge in [-0.1, -0.05) is 26.8 Å². The van der Waals surface area contributed by atoms with Crippen LogP contribution in [0.1, 0.15) is 91.9 Å². The molecule has 0 unspecified atom stereocenters. The van der Waals surface area contributed by atoms with Crippen LogP contribution in [0, 0.1) is 46.3 Å². The van der Waals surface area contributed by atoms with Crippen molar-refractivity contribution in [2.45, 2.75) is 104 Å². The van der Waals surface area contributed by atoms with E-state index in [9.17, 15) is 19.8 Å². The molecule has 0 spiro atoms. The van der Waals surface area contributed by atoms with Crippen molar-refractivity contribution < 1.29 is 19.8 Å². The van der Waals surface area contributed by atoms with E-state index in [1.54, 1.807) is 6.07 Å². The van der Waals surface area contributed by atoms with Crippen LogP contribution in [0.3, 0.4) is 0 Å². The monoisotopic (exact) mass is 524 g/mol. The van der Waals surface area contributed by atoms with Gasteiger partial charge in [-0.3, -0.25) is 9.59 Å². The zero-order valence-corrected chi connectivity index (χ0v) is 23.7. The van der Waals surface area contributed by atoms with Gasteiger partial charge in [0.1, 0.15) is 0 Å². The highest BCUT2D eigenvalue weighted by Gasteiger charge is 2.62. The van der Waals surface area contributed by atoms with Crippen molar-refractivity contribution in [3.63, 3.8) is 0 Å². The quantitative estimate of drug-likeness (QED) is 0.367. The van der Waals surface area contributed by atoms with E-state index in [0.717, 1.165) is 32.1 Å². The minimum Gasteiger partial charge on any atom is -0.393 e. The first-order valence-corrected chi connectivity index (χ1v) is 15.0. The Bertz CT molecular complexity index is 1040. The van der Waals surface area contributed by atoms with Gasteiger partial charge in [0.2, 0.25) is 11.8 Å². The van der Waals surface area contributed by atoms with Crippen LogP contribution in [-0.2, 0) is 9.59 Å². The first-order chi connectivity index (χ1) is 18.0. The number of hydrogen-bond donors (Lipinski definition) is 4. The number of amides is 2. The number of benzene rings is 1. The minimum absolute atomic E-state index is 0.0152. The molecular formula is C32H48N2O4. The molecule has 0 saturated heterocycles. The van der Waals surface area contributed by atoms with Crippen LogP contribution in [0.2, 0.25) is 0 Å². The molecule has 1 aromatic rings. The van der Waals surface area contributed by atoms with E-state index in [1.807, 2.05) is 18.2 Å². The summed E-state index contributed by atoms with van der Waals surface area (Å²) in [5.41, 5.74) is 1.86. The fourth-order valence-electron chi connectivity index (χ4n) is 9.84. The first-order valence-electron chi connectivity index (χ1n) is 15.0. The third-order valence-electron chi connectivity index (χ3n) is 11.7. The minimum atomic E-state index is -0.249. The maximum atomic E-state index is 12.8. The lowest BCUT2D eigenvalue weighted by atomic mass is 9.43. The lowest BCUT2D eigenvalue weighted by Gasteiger charge is -2.62. The van der Waals surface area contributed by atoms with Crippen LogP contribution >= 0.6 is 0 Å². The van der Waals surface area contributed by atoms with Crippen molar-refractivity contribution in [3.8, 4) is 0 Å². The molecular weight excluding hydrogens is 476 g/mol. The molecule has 0 heterocycles. The zero-order chi connectivity index (χ0) is 27.2. The summed E-state index contributed by atoms with van der Waals surface area (Å²) in [4.78, 5) is 24.1. The summed E-state index contributed by atoms with van der Waals surface area (Å²) in [6, 6.07) is 7.28. The zero-order valence-electron chi connectivity index (χ0n) is 23.7. The fraction of sp³-hybridized carbons (Fsp3) is 0.750. The van der Waals surface area contributed by atoms with E-state index in [1.165, 1.54) is 32.6 Å². The van der Waals surface area contributed by atoms with E-state index in [-0.39, 0.29) is 34.9 Å². The molecule has 38 heavy (non-hydrogen) atoms. The number of nitrogens with one attached hydrogen (secondary N) is 2. The van der Waals surface area contributed by atoms with Crippen LogP contribution in [-0.4, -0.2) is 34.2 Å². The Morgan fingerprint density at radius 1 is 0.974 bits per heavy atom. The Labute approximate surface area is 228 Å². The van der Waals surface area contributed by atoms with Crippen LogP contribution < -0.4 is 10.6 Å². The Kier molecular flexibility index (Phi) is 7.69. The van der Waals surface area contributed by atoms with Gasteiger partial charge in [0.05, 0.1) is 12.2 Å². The number of rotatable bonds is 6. The van der Waals surface area contributed by atoms with Crippen molar-refractivity contribution in [1.29, 1.82) is 0 Å². The number of carbonyl (C=O) groups excluding carboxylic acids is 2. The predicted octanol–water partition coefficient (Wildman–Crippen LogP) is 5.99. The van der Waals surface area contributed by atoms with E-state index in [2.05, 4.69) is 31.4 Å². The maximum Gasteiger partial charge on any atom is 0.224 e. The van der Waals surface area contributed by atoms with Gasteiger partial charge in [-0.25, -0.2) is 0 Å². The molecule has 0 radical (unpaired) electrons. The second kappa shape index (κ2) is 10.6. The molecule has 4 saturated carbocycles. The molecule has 10 atom stereocenters. The van der Waals surface area contributed by atoms with Gasteiger partial charge in [-0.15, -0.1) is 0 Å². The van der Waals surface area contributed by atoms with Gasteiger partial charge in [0.25, 0.3) is 0 Å². The van der Waals surface area contributed by atoms with Gasteiger partial charge >= 0.3 is 0 Å². The molecule has 0 aliphatic heterocycles. The standard InChI is InChI=1S/C32H48N2O4/c1-19(8-11-29(38)34-23-7-5-6-22(18-23)33-20(2)35)25-9-10-26-30-27(13-15-32(25,26)4)31(3)14-12-24(36)16-21(31)17-28(30)37/h5-7,18-19,21,24-28,30,36-37H,8-17H2,1-4H3,(H,33,35)(H,34,38)/t19-,21+,24-,25-,26+,27+,28+,30+,31+,32-/m1/s1. The third-order valence-corrected chi connectivity index (χ3v) is 11.7. The number of fused-ring (bicyclic) bond motifs is 5. The van der Waals surface area contributed by atoms with Crippen molar-refractivity contribution in [2.24, 2.45) is 46.3 Å². The lowest BCUT2D eigenvalue weighted by Crippen LogP contribution is -2.58.